The van der Waals surface area contributed by atoms with Crippen molar-refractivity contribution < 1.29 is 39.8 Å². The summed E-state index contributed by atoms with van der Waals surface area (Å²) in [6.07, 6.45) is 9.13. The molecule has 3 unspecified atom stereocenters. The first kappa shape index (κ1) is 59.8. The molecule has 9 nitrogen and oxygen atoms in total. The van der Waals surface area contributed by atoms with Crippen molar-refractivity contribution in [3.05, 3.63) is 0 Å². The number of hydrogen-bond donors (Lipinski definition) is 0. The van der Waals surface area contributed by atoms with Crippen molar-refractivity contribution in [1.29, 1.82) is 0 Å². The first-order valence-electron chi connectivity index (χ1n) is 21.5. The zero-order valence-electron chi connectivity index (χ0n) is 37.2. The Hall–Kier alpha value is 3.79. The van der Waals surface area contributed by atoms with Gasteiger partial charge in [-0.3, -0.25) is 0 Å². The van der Waals surface area contributed by atoms with Crippen LogP contribution in [0.25, 0.3) is 0 Å². The predicted octanol–water partition coefficient (Wildman–Crippen LogP) is 14.9. The zero-order chi connectivity index (χ0) is 42.9. The van der Waals surface area contributed by atoms with Gasteiger partial charge in [-0.05, 0) is 172 Å². The van der Waals surface area contributed by atoms with E-state index >= 15 is 0 Å². The van der Waals surface area contributed by atoms with Crippen LogP contribution in [0.1, 0.15) is 121 Å². The highest BCUT2D eigenvalue weighted by atomic mass is 33.8. The number of rotatable bonds is 42. The van der Waals surface area contributed by atoms with Crippen LogP contribution in [0.3, 0.4) is 0 Å². The van der Waals surface area contributed by atoms with Gasteiger partial charge in [0, 0.05) is 99.6 Å². The smallest absolute Gasteiger partial charge is 0.374 e. The molecule has 3 atom stereocenters. The lowest BCUT2D eigenvalue weighted by Crippen LogP contribution is -2.61. The van der Waals surface area contributed by atoms with E-state index in [2.05, 4.69) is 27.7 Å². The second-order valence-corrected chi connectivity index (χ2v) is 37.6. The summed E-state index contributed by atoms with van der Waals surface area (Å²) in [7, 11) is 11.0. The summed E-state index contributed by atoms with van der Waals surface area (Å²) in [6.45, 7) is 26.5. The van der Waals surface area contributed by atoms with Crippen LogP contribution in [0, 0.1) is 11.8 Å². The first-order chi connectivity index (χ1) is 28.2. The van der Waals surface area contributed by atoms with Gasteiger partial charge in [0.25, 0.3) is 0 Å². The molecule has 1 aliphatic carbocycles. The van der Waals surface area contributed by atoms with Gasteiger partial charge in [0.1, 0.15) is 0 Å². The third kappa shape index (κ3) is 22.5. The van der Waals surface area contributed by atoms with Crippen LogP contribution < -0.4 is 0 Å². The fraction of sp³-hybridized carbons (Fsp3) is 1.00. The van der Waals surface area contributed by atoms with Crippen LogP contribution in [-0.2, 0) is 39.8 Å². The molecule has 1 aliphatic rings. The fourth-order valence-corrected chi connectivity index (χ4v) is 35.6. The summed E-state index contributed by atoms with van der Waals surface area (Å²) in [5.74, 6) is 5.51. The lowest BCUT2D eigenvalue weighted by atomic mass is 9.70. The van der Waals surface area contributed by atoms with E-state index in [1.807, 2.05) is 144 Å². The van der Waals surface area contributed by atoms with Crippen LogP contribution in [-0.4, -0.2) is 109 Å². The summed E-state index contributed by atoms with van der Waals surface area (Å²) in [6, 6.07) is 1.75. The highest BCUT2D eigenvalue weighted by molar-refractivity contribution is 9.36. The van der Waals surface area contributed by atoms with E-state index in [4.69, 9.17) is 39.8 Å². The van der Waals surface area contributed by atoms with Crippen LogP contribution in [0.4, 0.5) is 0 Å². The Labute approximate surface area is 396 Å². The normalized spacial score (nSPS) is 19.3. The topological polar surface area (TPSA) is 83.1 Å². The first-order valence-corrected chi connectivity index (χ1v) is 40.1. The Balaban J connectivity index is 2.71. The molecule has 0 radical (unpaired) electrons. The molecule has 0 spiro atoms. The predicted molar refractivity (Wildman–Crippen MR) is 279 cm³/mol. The second-order valence-electron chi connectivity index (χ2n) is 13.2. The zero-order valence-corrected chi connectivity index (χ0v) is 48.3. The van der Waals surface area contributed by atoms with Crippen molar-refractivity contribution in [2.75, 3.05) is 82.5 Å². The van der Waals surface area contributed by atoms with Gasteiger partial charge in [-0.2, -0.15) is 0 Å². The number of hydrogen-bond acceptors (Lipinski definition) is 19. The molecule has 0 amide bonds. The summed E-state index contributed by atoms with van der Waals surface area (Å²) in [5.41, 5.74) is 0. The third-order valence-corrected chi connectivity index (χ3v) is 37.6. The average Bonchev–Trinajstić information content (AvgIpc) is 3.20. The van der Waals surface area contributed by atoms with Gasteiger partial charge in [-0.15, -0.1) is 0 Å². The van der Waals surface area contributed by atoms with Crippen molar-refractivity contribution in [3.8, 4) is 0 Å². The molecule has 0 bridgehead atoms. The Morgan fingerprint density at radius 3 is 1.21 bits per heavy atom. The lowest BCUT2D eigenvalue weighted by molar-refractivity contribution is 0.00743. The van der Waals surface area contributed by atoms with Gasteiger partial charge in [0.2, 0.25) is 0 Å². The highest BCUT2D eigenvalue weighted by Gasteiger charge is 2.64. The summed E-state index contributed by atoms with van der Waals surface area (Å²) in [5, 5.41) is -0.0725. The maximum Gasteiger partial charge on any atom is 0.507 e. The maximum atomic E-state index is 6.79. The lowest BCUT2D eigenvalue weighted by Gasteiger charge is -2.53. The van der Waals surface area contributed by atoms with Crippen molar-refractivity contribution in [2.45, 2.75) is 138 Å². The molecule has 0 aromatic rings. The van der Waals surface area contributed by atoms with Crippen LogP contribution in [0.15, 0.2) is 0 Å². The van der Waals surface area contributed by atoms with E-state index in [-0.39, 0.29) is 5.04 Å². The van der Waals surface area contributed by atoms with Crippen molar-refractivity contribution >= 4 is 129 Å². The Morgan fingerprint density at radius 1 is 0.448 bits per heavy atom. The average molecular weight is 1060 g/mol. The van der Waals surface area contributed by atoms with E-state index in [9.17, 15) is 0 Å². The summed E-state index contributed by atoms with van der Waals surface area (Å²) >= 11 is 0. The minimum absolute atomic E-state index is 0.0725. The largest absolute Gasteiger partial charge is 0.507 e. The summed E-state index contributed by atoms with van der Waals surface area (Å²) in [4.78, 5) is 0. The SMILES string of the molecule is CCO[Si](CCCSSSSSCCC1CCC(CC)C(CCSSSSSCCC[Si](OCC)(OCC)OCC)([Si](OCC)(OCC)OCC)C1)(OCC)OCC. The van der Waals surface area contributed by atoms with Gasteiger partial charge in [0.15, 0.2) is 0 Å². The summed E-state index contributed by atoms with van der Waals surface area (Å²) < 4.78 is 56.5. The van der Waals surface area contributed by atoms with E-state index in [1.54, 1.807) is 0 Å². The molecular formula is C36H78O9S10Si3. The van der Waals surface area contributed by atoms with Gasteiger partial charge in [-0.1, -0.05) is 62.9 Å². The van der Waals surface area contributed by atoms with E-state index < -0.39 is 26.4 Å². The van der Waals surface area contributed by atoms with E-state index in [0.29, 0.717) is 71.3 Å². The Morgan fingerprint density at radius 2 is 0.828 bits per heavy atom. The van der Waals surface area contributed by atoms with Crippen LogP contribution >= 0.6 is 102 Å². The highest BCUT2D eigenvalue weighted by Crippen LogP contribution is 2.62. The Bertz CT molecular complexity index is 919. The molecule has 0 aromatic heterocycles. The van der Waals surface area contributed by atoms with Gasteiger partial charge in [0.05, 0.1) is 0 Å². The molecule has 22 heteroatoms. The Kier molecular flexibility index (Phi) is 39.0. The van der Waals surface area contributed by atoms with Gasteiger partial charge in [-0.25, -0.2) is 0 Å². The minimum Gasteiger partial charge on any atom is -0.374 e. The third-order valence-electron chi connectivity index (χ3n) is 9.61. The molecule has 58 heavy (non-hydrogen) atoms. The van der Waals surface area contributed by atoms with Crippen molar-refractivity contribution in [3.63, 3.8) is 0 Å². The second kappa shape index (κ2) is 37.8. The van der Waals surface area contributed by atoms with Crippen LogP contribution in [0.5, 0.6) is 0 Å². The molecule has 0 aromatic carbocycles. The molecular weight excluding hydrogens is 981 g/mol. The molecule has 348 valence electrons. The molecule has 1 fully saturated rings. The molecule has 1 saturated carbocycles. The standard InChI is InChI=1S/C36H78O9S10Si3/c1-11-35-24-23-34(25-29-48-52-54-50-46-27-21-31-56(37-12-2,38-13-3)39-14-4)33-36(35,58(43-18-8,44-19-9)45-20-10)26-30-49-53-55-51-47-28-22-32-57(40-15-5,41-16-6)42-17-7/h34-35H,11-33H2,1-10H3. The van der Waals surface area contributed by atoms with E-state index in [0.717, 1.165) is 67.2 Å². The van der Waals surface area contributed by atoms with Gasteiger partial charge < -0.3 is 39.8 Å². The van der Waals surface area contributed by atoms with Crippen LogP contribution in [0.2, 0.25) is 17.1 Å². The maximum absolute atomic E-state index is 6.79. The molecule has 0 saturated heterocycles. The van der Waals surface area contributed by atoms with Crippen molar-refractivity contribution in [2.24, 2.45) is 11.8 Å². The molecule has 0 aliphatic heterocycles. The van der Waals surface area contributed by atoms with E-state index in [1.165, 1.54) is 19.3 Å². The fourth-order valence-electron chi connectivity index (χ4n) is 7.67. The van der Waals surface area contributed by atoms with Crippen molar-refractivity contribution in [1.82, 2.24) is 0 Å². The monoisotopic (exact) mass is 1060 g/mol. The molecule has 1 rings (SSSR count). The minimum atomic E-state index is -3.01. The molecule has 0 N–H and O–H groups in total. The van der Waals surface area contributed by atoms with Gasteiger partial charge >= 0.3 is 26.4 Å². The molecule has 0 heterocycles. The quantitative estimate of drug-likeness (QED) is 0.0330.